The lowest BCUT2D eigenvalue weighted by molar-refractivity contribution is -0.132. The van der Waals surface area contributed by atoms with Crippen LogP contribution in [0.2, 0.25) is 5.02 Å². The molecule has 0 N–H and O–H groups in total. The maximum absolute atomic E-state index is 12.2. The topological polar surface area (TPSA) is 69.0 Å². The number of para-hydroxylation sites is 1. The number of amides is 1. The highest BCUT2D eigenvalue weighted by Gasteiger charge is 2.11. The van der Waals surface area contributed by atoms with Crippen LogP contribution >= 0.6 is 11.6 Å². The summed E-state index contributed by atoms with van der Waals surface area (Å²) in [5.41, 5.74) is 0.833. The number of carbonyl (C=O) groups is 1. The van der Waals surface area contributed by atoms with E-state index in [-0.39, 0.29) is 12.5 Å². The first-order valence-corrected chi connectivity index (χ1v) is 9.10. The van der Waals surface area contributed by atoms with E-state index in [9.17, 15) is 9.59 Å². The predicted octanol–water partition coefficient (Wildman–Crippen LogP) is 3.67. The molecule has 0 aliphatic heterocycles. The fourth-order valence-electron chi connectivity index (χ4n) is 2.63. The Morgan fingerprint density at radius 2 is 1.93 bits per heavy atom. The van der Waals surface area contributed by atoms with Crippen molar-refractivity contribution in [1.82, 2.24) is 4.90 Å². The molecular weight excluding hydrogens is 382 g/mol. The molecule has 3 rings (SSSR count). The van der Waals surface area contributed by atoms with E-state index in [0.717, 1.165) is 10.9 Å². The molecule has 0 spiro atoms. The van der Waals surface area contributed by atoms with Crippen LogP contribution in [0.5, 0.6) is 11.5 Å². The molecule has 1 aromatic heterocycles. The van der Waals surface area contributed by atoms with Gasteiger partial charge in [0.1, 0.15) is 23.7 Å². The maximum Gasteiger partial charge on any atom is 0.336 e. The van der Waals surface area contributed by atoms with E-state index in [0.29, 0.717) is 35.3 Å². The van der Waals surface area contributed by atoms with Gasteiger partial charge in [-0.05, 0) is 36.8 Å². The third-order valence-corrected chi connectivity index (χ3v) is 4.54. The summed E-state index contributed by atoms with van der Waals surface area (Å²) in [6.07, 6.45) is 0. The minimum atomic E-state index is -0.420. The van der Waals surface area contributed by atoms with Crippen LogP contribution in [0.15, 0.2) is 57.7 Å². The summed E-state index contributed by atoms with van der Waals surface area (Å²) in [7, 11) is 1.67. The zero-order chi connectivity index (χ0) is 20.1. The van der Waals surface area contributed by atoms with Crippen molar-refractivity contribution in [1.29, 1.82) is 0 Å². The molecule has 0 fully saturated rings. The van der Waals surface area contributed by atoms with E-state index in [1.165, 1.54) is 11.0 Å². The van der Waals surface area contributed by atoms with Crippen LogP contribution in [0.25, 0.3) is 11.0 Å². The first-order valence-electron chi connectivity index (χ1n) is 8.72. The first kappa shape index (κ1) is 19.8. The minimum Gasteiger partial charge on any atom is -0.490 e. The van der Waals surface area contributed by atoms with Gasteiger partial charge in [0.25, 0.3) is 5.91 Å². The van der Waals surface area contributed by atoms with Crippen LogP contribution in [-0.4, -0.2) is 37.6 Å². The zero-order valence-electron chi connectivity index (χ0n) is 15.6. The average Bonchev–Trinajstić information content (AvgIpc) is 2.67. The number of fused-ring (bicyclic) bond motifs is 1. The van der Waals surface area contributed by atoms with Crippen molar-refractivity contribution in [2.75, 3.05) is 26.8 Å². The molecule has 1 heterocycles. The second-order valence-corrected chi connectivity index (χ2v) is 6.70. The predicted molar refractivity (Wildman–Crippen MR) is 107 cm³/mol. The quantitative estimate of drug-likeness (QED) is 0.565. The summed E-state index contributed by atoms with van der Waals surface area (Å²) in [6.45, 7) is 2.40. The molecule has 0 aliphatic rings. The number of hydrogen-bond donors (Lipinski definition) is 0. The Labute approximate surface area is 167 Å². The molecule has 146 valence electrons. The monoisotopic (exact) mass is 401 g/mol. The summed E-state index contributed by atoms with van der Waals surface area (Å²) in [6, 6.07) is 13.7. The summed E-state index contributed by atoms with van der Waals surface area (Å²) >= 11 is 6.03. The lowest BCUT2D eigenvalue weighted by Gasteiger charge is -2.18. The molecular formula is C21H20ClNO5. The molecule has 0 saturated carbocycles. The normalized spacial score (nSPS) is 10.7. The van der Waals surface area contributed by atoms with Crippen molar-refractivity contribution in [2.24, 2.45) is 0 Å². The van der Waals surface area contributed by atoms with Crippen molar-refractivity contribution < 1.29 is 18.7 Å². The van der Waals surface area contributed by atoms with Crippen LogP contribution in [0, 0.1) is 6.92 Å². The zero-order valence-corrected chi connectivity index (χ0v) is 16.4. The standard InChI is InChI=1S/C21H20ClNO5/c1-14-11-21(25)28-19-12-15(7-8-16(14)19)27-13-20(24)23(2)9-10-26-18-6-4-3-5-17(18)22/h3-8,11-12H,9-10,13H2,1-2H3. The molecule has 1 amide bonds. The number of halogens is 1. The lowest BCUT2D eigenvalue weighted by Crippen LogP contribution is -2.34. The van der Waals surface area contributed by atoms with Crippen LogP contribution in [-0.2, 0) is 4.79 Å². The van der Waals surface area contributed by atoms with Gasteiger partial charge in [0, 0.05) is 24.6 Å². The molecule has 0 aliphatic carbocycles. The molecule has 0 atom stereocenters. The van der Waals surface area contributed by atoms with Crippen molar-refractivity contribution in [3.63, 3.8) is 0 Å². The van der Waals surface area contributed by atoms with Gasteiger partial charge in [0.2, 0.25) is 0 Å². The molecule has 0 unspecified atom stereocenters. The minimum absolute atomic E-state index is 0.135. The molecule has 0 radical (unpaired) electrons. The van der Waals surface area contributed by atoms with E-state index < -0.39 is 5.63 Å². The van der Waals surface area contributed by atoms with Gasteiger partial charge in [-0.2, -0.15) is 0 Å². The highest BCUT2D eigenvalue weighted by Crippen LogP contribution is 2.23. The van der Waals surface area contributed by atoms with E-state index in [1.807, 2.05) is 19.1 Å². The smallest absolute Gasteiger partial charge is 0.336 e. The van der Waals surface area contributed by atoms with E-state index in [1.54, 1.807) is 37.4 Å². The first-order chi connectivity index (χ1) is 13.4. The van der Waals surface area contributed by atoms with Gasteiger partial charge in [0.05, 0.1) is 11.6 Å². The fraction of sp³-hybridized carbons (Fsp3) is 0.238. The van der Waals surface area contributed by atoms with Crippen LogP contribution in [0.1, 0.15) is 5.56 Å². The number of nitrogens with zero attached hydrogens (tertiary/aromatic N) is 1. The van der Waals surface area contributed by atoms with E-state index in [4.69, 9.17) is 25.5 Å². The summed E-state index contributed by atoms with van der Waals surface area (Å²) in [5, 5.41) is 1.35. The molecule has 0 saturated heterocycles. The Kier molecular flexibility index (Phi) is 6.21. The van der Waals surface area contributed by atoms with Crippen molar-refractivity contribution in [3.05, 3.63) is 69.5 Å². The third-order valence-electron chi connectivity index (χ3n) is 4.23. The number of rotatable bonds is 7. The molecule has 2 aromatic carbocycles. The SMILES string of the molecule is Cc1cc(=O)oc2cc(OCC(=O)N(C)CCOc3ccccc3Cl)ccc12. The molecule has 3 aromatic rings. The summed E-state index contributed by atoms with van der Waals surface area (Å²) < 4.78 is 16.3. The van der Waals surface area contributed by atoms with Crippen molar-refractivity contribution >= 4 is 28.5 Å². The molecule has 7 heteroatoms. The Bertz CT molecular complexity index is 1050. The van der Waals surface area contributed by atoms with Crippen LogP contribution in [0.4, 0.5) is 0 Å². The Balaban J connectivity index is 1.52. The number of ether oxygens (including phenoxy) is 2. The lowest BCUT2D eigenvalue weighted by atomic mass is 10.1. The number of carbonyl (C=O) groups excluding carboxylic acids is 1. The Morgan fingerprint density at radius 1 is 1.14 bits per heavy atom. The van der Waals surface area contributed by atoms with Gasteiger partial charge >= 0.3 is 5.63 Å². The number of benzene rings is 2. The average molecular weight is 402 g/mol. The van der Waals surface area contributed by atoms with Gasteiger partial charge in [-0.1, -0.05) is 23.7 Å². The second-order valence-electron chi connectivity index (χ2n) is 6.29. The molecule has 0 bridgehead atoms. The molecule has 6 nitrogen and oxygen atoms in total. The number of aryl methyl sites for hydroxylation is 1. The van der Waals surface area contributed by atoms with Crippen molar-refractivity contribution in [3.8, 4) is 11.5 Å². The van der Waals surface area contributed by atoms with Crippen LogP contribution < -0.4 is 15.1 Å². The van der Waals surface area contributed by atoms with Gasteiger partial charge in [-0.15, -0.1) is 0 Å². The maximum atomic E-state index is 12.2. The van der Waals surface area contributed by atoms with Gasteiger partial charge in [-0.25, -0.2) is 4.79 Å². The van der Waals surface area contributed by atoms with Crippen LogP contribution in [0.3, 0.4) is 0 Å². The fourth-order valence-corrected chi connectivity index (χ4v) is 2.82. The summed E-state index contributed by atoms with van der Waals surface area (Å²) in [5.74, 6) is 0.832. The van der Waals surface area contributed by atoms with Crippen molar-refractivity contribution in [2.45, 2.75) is 6.92 Å². The highest BCUT2D eigenvalue weighted by atomic mass is 35.5. The summed E-state index contributed by atoms with van der Waals surface area (Å²) in [4.78, 5) is 25.3. The Hall–Kier alpha value is -2.99. The van der Waals surface area contributed by atoms with Gasteiger partial charge < -0.3 is 18.8 Å². The largest absolute Gasteiger partial charge is 0.490 e. The second kappa shape index (κ2) is 8.80. The third kappa shape index (κ3) is 4.84. The van der Waals surface area contributed by atoms with Gasteiger partial charge in [-0.3, -0.25) is 4.79 Å². The van der Waals surface area contributed by atoms with E-state index in [2.05, 4.69) is 0 Å². The van der Waals surface area contributed by atoms with Gasteiger partial charge in [0.15, 0.2) is 6.61 Å². The Morgan fingerprint density at radius 3 is 2.71 bits per heavy atom. The number of likely N-dealkylation sites (N-methyl/N-ethyl adjacent to an activating group) is 1. The molecule has 28 heavy (non-hydrogen) atoms. The highest BCUT2D eigenvalue weighted by molar-refractivity contribution is 6.32. The van der Waals surface area contributed by atoms with E-state index >= 15 is 0 Å². The number of hydrogen-bond acceptors (Lipinski definition) is 5.